The average molecular weight is 417 g/mol. The number of hydrogen-bond donors (Lipinski definition) is 3. The monoisotopic (exact) mass is 416 g/mol. The summed E-state index contributed by atoms with van der Waals surface area (Å²) in [4.78, 5) is 39.3. The van der Waals surface area contributed by atoms with Gasteiger partial charge in [0.05, 0.1) is 12.1 Å². The second-order valence-electron chi connectivity index (χ2n) is 8.71. The summed E-state index contributed by atoms with van der Waals surface area (Å²) < 4.78 is 0. The molecule has 1 aliphatic heterocycles. The van der Waals surface area contributed by atoms with Gasteiger partial charge in [-0.05, 0) is 44.6 Å². The fourth-order valence-corrected chi connectivity index (χ4v) is 3.77. The highest BCUT2D eigenvalue weighted by atomic mass is 16.2. The molecule has 1 aliphatic rings. The normalized spacial score (nSPS) is 17.9. The van der Waals surface area contributed by atoms with E-state index in [1.165, 1.54) is 0 Å². The number of carbonyl (C=O) groups excluding carboxylic acids is 3. The predicted molar refractivity (Wildman–Crippen MR) is 117 cm³/mol. The van der Waals surface area contributed by atoms with E-state index in [0.717, 1.165) is 5.56 Å². The number of amides is 3. The molecule has 30 heavy (non-hydrogen) atoms. The van der Waals surface area contributed by atoms with E-state index in [9.17, 15) is 14.4 Å². The Morgan fingerprint density at radius 2 is 1.63 bits per heavy atom. The lowest BCUT2D eigenvalue weighted by molar-refractivity contribution is -0.137. The van der Waals surface area contributed by atoms with Crippen LogP contribution < -0.4 is 16.4 Å². The molecular weight excluding hydrogens is 380 g/mol. The highest BCUT2D eigenvalue weighted by Crippen LogP contribution is 2.19. The minimum atomic E-state index is -0.622. The van der Waals surface area contributed by atoms with Crippen molar-refractivity contribution in [2.45, 2.75) is 65.1 Å². The second kappa shape index (κ2) is 11.1. The first kappa shape index (κ1) is 23.9. The van der Waals surface area contributed by atoms with Gasteiger partial charge in [-0.3, -0.25) is 14.4 Å². The van der Waals surface area contributed by atoms with E-state index in [1.54, 1.807) is 11.8 Å². The Labute approximate surface area is 179 Å². The Balaban J connectivity index is 1.78. The highest BCUT2D eigenvalue weighted by Gasteiger charge is 2.31. The van der Waals surface area contributed by atoms with E-state index in [-0.39, 0.29) is 29.7 Å². The number of likely N-dealkylation sites (tertiary alicyclic amines) is 1. The molecule has 2 rings (SSSR count). The van der Waals surface area contributed by atoms with Gasteiger partial charge in [0, 0.05) is 19.0 Å². The van der Waals surface area contributed by atoms with Gasteiger partial charge in [-0.25, -0.2) is 0 Å². The maximum absolute atomic E-state index is 12.6. The van der Waals surface area contributed by atoms with Crippen LogP contribution in [0.15, 0.2) is 30.3 Å². The van der Waals surface area contributed by atoms with Crippen molar-refractivity contribution in [3.8, 4) is 0 Å². The fraction of sp³-hybridized carbons (Fsp3) is 0.609. The first-order valence-electron chi connectivity index (χ1n) is 10.9. The van der Waals surface area contributed by atoms with Gasteiger partial charge in [0.15, 0.2) is 0 Å². The minimum Gasteiger partial charge on any atom is -0.348 e. The van der Waals surface area contributed by atoms with Crippen LogP contribution in [-0.2, 0) is 14.4 Å². The van der Waals surface area contributed by atoms with Crippen molar-refractivity contribution in [3.05, 3.63) is 35.9 Å². The maximum atomic E-state index is 12.6. The van der Waals surface area contributed by atoms with Crippen molar-refractivity contribution >= 4 is 17.7 Å². The largest absolute Gasteiger partial charge is 0.348 e. The zero-order chi connectivity index (χ0) is 22.3. The number of hydrogen-bond acceptors (Lipinski definition) is 4. The third kappa shape index (κ3) is 6.83. The van der Waals surface area contributed by atoms with E-state index in [0.29, 0.717) is 38.3 Å². The number of nitrogens with two attached hydrogens (primary N) is 1. The molecule has 1 aromatic rings. The molecule has 7 heteroatoms. The molecule has 0 radical (unpaired) electrons. The molecule has 1 fully saturated rings. The van der Waals surface area contributed by atoms with E-state index in [4.69, 9.17) is 5.73 Å². The number of piperidine rings is 1. The van der Waals surface area contributed by atoms with Crippen LogP contribution in [0.1, 0.15) is 58.6 Å². The second-order valence-corrected chi connectivity index (χ2v) is 8.71. The third-order valence-electron chi connectivity index (χ3n) is 5.63. The molecule has 7 nitrogen and oxygen atoms in total. The highest BCUT2D eigenvalue weighted by molar-refractivity contribution is 5.88. The molecular formula is C23H36N4O3. The van der Waals surface area contributed by atoms with Crippen molar-refractivity contribution in [2.75, 3.05) is 13.1 Å². The lowest BCUT2D eigenvalue weighted by Gasteiger charge is -2.33. The predicted octanol–water partition coefficient (Wildman–Crippen LogP) is 1.98. The average Bonchev–Trinajstić information content (AvgIpc) is 2.73. The van der Waals surface area contributed by atoms with Crippen molar-refractivity contribution in [1.29, 1.82) is 0 Å². The summed E-state index contributed by atoms with van der Waals surface area (Å²) in [5, 5.41) is 5.75. The van der Waals surface area contributed by atoms with Crippen LogP contribution in [0.25, 0.3) is 0 Å². The Hall–Kier alpha value is -2.41. The number of benzene rings is 1. The van der Waals surface area contributed by atoms with Gasteiger partial charge in [-0.15, -0.1) is 0 Å². The molecule has 0 unspecified atom stereocenters. The van der Waals surface area contributed by atoms with Crippen LogP contribution in [0.5, 0.6) is 0 Å². The zero-order valence-corrected chi connectivity index (χ0v) is 18.6. The van der Waals surface area contributed by atoms with Crippen molar-refractivity contribution in [1.82, 2.24) is 15.5 Å². The molecule has 1 saturated heterocycles. The number of rotatable bonds is 8. The van der Waals surface area contributed by atoms with E-state index in [2.05, 4.69) is 10.6 Å². The smallest absolute Gasteiger partial charge is 0.242 e. The lowest BCUT2D eigenvalue weighted by atomic mass is 9.94. The Kier molecular flexibility index (Phi) is 8.84. The summed E-state index contributed by atoms with van der Waals surface area (Å²) in [5.74, 6) is -0.220. The van der Waals surface area contributed by atoms with Crippen LogP contribution in [0.3, 0.4) is 0 Å². The van der Waals surface area contributed by atoms with Crippen molar-refractivity contribution in [3.63, 3.8) is 0 Å². The SMILES string of the molecule is CC(C)C[C@H](N)C(=O)N1CCC(C(=O)N[C@@H](C)C(=O)N[C@@H](C)c2ccccc2)CC1. The molecule has 3 amide bonds. The number of carbonyl (C=O) groups is 3. The van der Waals surface area contributed by atoms with Crippen LogP contribution >= 0.6 is 0 Å². The maximum Gasteiger partial charge on any atom is 0.242 e. The van der Waals surface area contributed by atoms with Gasteiger partial charge in [-0.1, -0.05) is 44.2 Å². The Bertz CT molecular complexity index is 714. The van der Waals surface area contributed by atoms with Gasteiger partial charge >= 0.3 is 0 Å². The van der Waals surface area contributed by atoms with Gasteiger partial charge in [0.2, 0.25) is 17.7 Å². The van der Waals surface area contributed by atoms with Crippen molar-refractivity contribution < 1.29 is 14.4 Å². The summed E-state index contributed by atoms with van der Waals surface area (Å²) in [6.07, 6.45) is 1.83. The summed E-state index contributed by atoms with van der Waals surface area (Å²) >= 11 is 0. The van der Waals surface area contributed by atoms with Gasteiger partial charge in [0.1, 0.15) is 6.04 Å². The van der Waals surface area contributed by atoms with Crippen LogP contribution in [0.4, 0.5) is 0 Å². The summed E-state index contributed by atoms with van der Waals surface area (Å²) in [5.41, 5.74) is 7.02. The van der Waals surface area contributed by atoms with Gasteiger partial charge < -0.3 is 21.3 Å². The van der Waals surface area contributed by atoms with Crippen LogP contribution in [0, 0.1) is 11.8 Å². The van der Waals surface area contributed by atoms with Gasteiger partial charge in [-0.2, -0.15) is 0 Å². The fourth-order valence-electron chi connectivity index (χ4n) is 3.77. The first-order valence-corrected chi connectivity index (χ1v) is 10.9. The van der Waals surface area contributed by atoms with Gasteiger partial charge in [0.25, 0.3) is 0 Å². The summed E-state index contributed by atoms with van der Waals surface area (Å²) in [6, 6.07) is 8.45. The molecule has 0 saturated carbocycles. The minimum absolute atomic E-state index is 0.0368. The Morgan fingerprint density at radius 1 is 1.03 bits per heavy atom. The Morgan fingerprint density at radius 3 is 2.20 bits per heavy atom. The topological polar surface area (TPSA) is 105 Å². The third-order valence-corrected chi connectivity index (χ3v) is 5.63. The quantitative estimate of drug-likeness (QED) is 0.603. The molecule has 0 spiro atoms. The first-order chi connectivity index (χ1) is 14.2. The van der Waals surface area contributed by atoms with Crippen LogP contribution in [-0.4, -0.2) is 47.8 Å². The molecule has 1 aromatic carbocycles. The zero-order valence-electron chi connectivity index (χ0n) is 18.6. The summed E-state index contributed by atoms with van der Waals surface area (Å²) in [7, 11) is 0. The van der Waals surface area contributed by atoms with Crippen molar-refractivity contribution in [2.24, 2.45) is 17.6 Å². The number of nitrogens with one attached hydrogen (secondary N) is 2. The van der Waals surface area contributed by atoms with E-state index < -0.39 is 12.1 Å². The molecule has 0 aliphatic carbocycles. The molecule has 4 N–H and O–H groups in total. The standard InChI is InChI=1S/C23H36N4O3/c1-15(2)14-20(24)23(30)27-12-10-19(11-13-27)22(29)26-17(4)21(28)25-16(3)18-8-6-5-7-9-18/h5-9,15-17,19-20H,10-14,24H2,1-4H3,(H,25,28)(H,26,29)/t16-,17-,20-/m0/s1. The molecule has 166 valence electrons. The molecule has 0 bridgehead atoms. The molecule has 3 atom stereocenters. The summed E-state index contributed by atoms with van der Waals surface area (Å²) in [6.45, 7) is 8.74. The molecule has 1 heterocycles. The van der Waals surface area contributed by atoms with E-state index in [1.807, 2.05) is 51.1 Å². The molecule has 0 aromatic heterocycles. The number of nitrogens with zero attached hydrogens (tertiary/aromatic N) is 1. The van der Waals surface area contributed by atoms with E-state index >= 15 is 0 Å². The van der Waals surface area contributed by atoms with Crippen LogP contribution in [0.2, 0.25) is 0 Å². The lowest BCUT2D eigenvalue weighted by Crippen LogP contribution is -2.51.